The molecule has 4 nitrogen and oxygen atoms in total. The molecule has 0 saturated carbocycles. The van der Waals surface area contributed by atoms with Gasteiger partial charge in [0.1, 0.15) is 0 Å². The molecule has 0 aliphatic heterocycles. The molecule has 0 N–H and O–H groups in total. The highest BCUT2D eigenvalue weighted by Crippen LogP contribution is 2.26. The van der Waals surface area contributed by atoms with Crippen LogP contribution < -0.4 is 5.56 Å². The molecule has 0 fully saturated rings. The first-order chi connectivity index (χ1) is 8.85. The lowest BCUT2D eigenvalue weighted by atomic mass is 10.1. The van der Waals surface area contributed by atoms with Crippen molar-refractivity contribution in [3.63, 3.8) is 0 Å². The summed E-state index contributed by atoms with van der Waals surface area (Å²) in [6, 6.07) is 3.46. The zero-order valence-electron chi connectivity index (χ0n) is 11.0. The summed E-state index contributed by atoms with van der Waals surface area (Å²) in [5, 5.41) is 0.728. The fourth-order valence-electron chi connectivity index (χ4n) is 1.78. The molecule has 0 radical (unpaired) electrons. The molecule has 2 aromatic rings. The van der Waals surface area contributed by atoms with E-state index < -0.39 is 5.60 Å². The van der Waals surface area contributed by atoms with E-state index in [1.165, 1.54) is 10.9 Å². The van der Waals surface area contributed by atoms with Gasteiger partial charge in [0.15, 0.2) is 0 Å². The highest BCUT2D eigenvalue weighted by Gasteiger charge is 2.19. The minimum atomic E-state index is -0.454. The predicted molar refractivity (Wildman–Crippen MR) is 79.4 cm³/mol. The topological polar surface area (TPSA) is 44.1 Å². The Morgan fingerprint density at radius 1 is 1.47 bits per heavy atom. The lowest BCUT2D eigenvalue weighted by Gasteiger charge is -2.23. The highest BCUT2D eigenvalue weighted by molar-refractivity contribution is 7.80. The van der Waals surface area contributed by atoms with Crippen molar-refractivity contribution in [3.8, 4) is 0 Å². The third-order valence-electron chi connectivity index (χ3n) is 3.01. The summed E-state index contributed by atoms with van der Waals surface area (Å²) in [6.07, 6.45) is 1.51. The molecule has 0 unspecified atom stereocenters. The van der Waals surface area contributed by atoms with Crippen molar-refractivity contribution >= 4 is 35.1 Å². The molecule has 1 heterocycles. The Bertz CT molecular complexity index is 682. The molecule has 2 rings (SSSR count). The van der Waals surface area contributed by atoms with Crippen molar-refractivity contribution < 1.29 is 4.74 Å². The Morgan fingerprint density at radius 2 is 2.16 bits per heavy atom. The average molecular weight is 299 g/mol. The first kappa shape index (κ1) is 14.4. The van der Waals surface area contributed by atoms with Crippen LogP contribution in [-0.4, -0.2) is 22.3 Å². The fourth-order valence-corrected chi connectivity index (χ4v) is 2.21. The standard InChI is InChI=1S/C13H15ClN2O2S/c1-13(2,18-3)6-16-7-15-8-4-5-9(19)11(14)10(8)12(16)17/h4-5,7,19H,6H2,1-3H3. The molecule has 0 atom stereocenters. The van der Waals surface area contributed by atoms with Gasteiger partial charge in [-0.2, -0.15) is 0 Å². The van der Waals surface area contributed by atoms with Gasteiger partial charge < -0.3 is 4.74 Å². The number of thiol groups is 1. The summed E-state index contributed by atoms with van der Waals surface area (Å²) in [7, 11) is 1.61. The number of rotatable bonds is 3. The van der Waals surface area contributed by atoms with E-state index in [1.807, 2.05) is 13.8 Å². The van der Waals surface area contributed by atoms with Crippen molar-refractivity contribution in [2.75, 3.05) is 7.11 Å². The molecular formula is C13H15ClN2O2S. The molecule has 0 amide bonds. The Morgan fingerprint density at radius 3 is 2.79 bits per heavy atom. The van der Waals surface area contributed by atoms with Gasteiger partial charge in [0.2, 0.25) is 0 Å². The third kappa shape index (κ3) is 2.78. The van der Waals surface area contributed by atoms with Gasteiger partial charge in [0.25, 0.3) is 5.56 Å². The summed E-state index contributed by atoms with van der Waals surface area (Å²) < 4.78 is 6.83. The van der Waals surface area contributed by atoms with Gasteiger partial charge in [-0.05, 0) is 26.0 Å². The second kappa shape index (κ2) is 5.15. The molecule has 102 valence electrons. The second-order valence-corrected chi connectivity index (χ2v) is 5.79. The van der Waals surface area contributed by atoms with Crippen LogP contribution in [0.4, 0.5) is 0 Å². The number of methoxy groups -OCH3 is 1. The molecular weight excluding hydrogens is 284 g/mol. The van der Waals surface area contributed by atoms with Crippen LogP contribution in [0.5, 0.6) is 0 Å². The van der Waals surface area contributed by atoms with E-state index in [-0.39, 0.29) is 5.56 Å². The van der Waals surface area contributed by atoms with E-state index in [0.717, 1.165) is 0 Å². The Balaban J connectivity index is 2.64. The summed E-state index contributed by atoms with van der Waals surface area (Å²) in [4.78, 5) is 17.3. The monoisotopic (exact) mass is 298 g/mol. The SMILES string of the molecule is COC(C)(C)Cn1cnc2ccc(S)c(Cl)c2c1=O. The van der Waals surface area contributed by atoms with Crippen molar-refractivity contribution in [1.29, 1.82) is 0 Å². The zero-order chi connectivity index (χ0) is 14.2. The van der Waals surface area contributed by atoms with Gasteiger partial charge in [0.05, 0.1) is 34.4 Å². The maximum Gasteiger partial charge on any atom is 0.262 e. The number of benzene rings is 1. The van der Waals surface area contributed by atoms with E-state index in [4.69, 9.17) is 16.3 Å². The van der Waals surface area contributed by atoms with E-state index >= 15 is 0 Å². The number of halogens is 1. The maximum atomic E-state index is 12.4. The maximum absolute atomic E-state index is 12.4. The predicted octanol–water partition coefficient (Wildman–Crippen LogP) is 2.76. The Labute approximate surface area is 121 Å². The van der Waals surface area contributed by atoms with E-state index in [0.29, 0.717) is 27.4 Å². The lowest BCUT2D eigenvalue weighted by molar-refractivity contribution is 0.00728. The lowest BCUT2D eigenvalue weighted by Crippen LogP contribution is -2.34. The number of hydrogen-bond donors (Lipinski definition) is 1. The van der Waals surface area contributed by atoms with Crippen molar-refractivity contribution in [1.82, 2.24) is 9.55 Å². The molecule has 6 heteroatoms. The van der Waals surface area contributed by atoms with Crippen molar-refractivity contribution in [2.24, 2.45) is 0 Å². The Hall–Kier alpha value is -1.04. The van der Waals surface area contributed by atoms with E-state index in [9.17, 15) is 4.79 Å². The average Bonchev–Trinajstić information content (AvgIpc) is 2.37. The zero-order valence-corrected chi connectivity index (χ0v) is 12.6. The first-order valence-electron chi connectivity index (χ1n) is 5.77. The third-order valence-corrected chi connectivity index (χ3v) is 3.91. The van der Waals surface area contributed by atoms with Crippen LogP contribution in [0, 0.1) is 0 Å². The van der Waals surface area contributed by atoms with Gasteiger partial charge in [-0.1, -0.05) is 11.6 Å². The summed E-state index contributed by atoms with van der Waals surface area (Å²) >= 11 is 10.4. The number of nitrogens with zero attached hydrogens (tertiary/aromatic N) is 2. The van der Waals surface area contributed by atoms with Crippen LogP contribution in [0.2, 0.25) is 5.02 Å². The van der Waals surface area contributed by atoms with Crippen molar-refractivity contribution in [2.45, 2.75) is 30.9 Å². The molecule has 0 aliphatic rings. The number of ether oxygens (including phenoxy) is 1. The minimum Gasteiger partial charge on any atom is -0.377 e. The molecule has 19 heavy (non-hydrogen) atoms. The molecule has 0 spiro atoms. The highest BCUT2D eigenvalue weighted by atomic mass is 35.5. The second-order valence-electron chi connectivity index (χ2n) is 4.93. The van der Waals surface area contributed by atoms with Gasteiger partial charge in [-0.3, -0.25) is 9.36 Å². The molecule has 0 aliphatic carbocycles. The minimum absolute atomic E-state index is 0.184. The van der Waals surface area contributed by atoms with Crippen LogP contribution in [0.15, 0.2) is 28.2 Å². The van der Waals surface area contributed by atoms with Crippen LogP contribution in [-0.2, 0) is 11.3 Å². The van der Waals surface area contributed by atoms with Gasteiger partial charge >= 0.3 is 0 Å². The van der Waals surface area contributed by atoms with Crippen LogP contribution in [0.3, 0.4) is 0 Å². The first-order valence-corrected chi connectivity index (χ1v) is 6.60. The van der Waals surface area contributed by atoms with Crippen molar-refractivity contribution in [3.05, 3.63) is 33.8 Å². The smallest absolute Gasteiger partial charge is 0.262 e. The molecule has 0 saturated heterocycles. The van der Waals surface area contributed by atoms with Crippen LogP contribution in [0.1, 0.15) is 13.8 Å². The quantitative estimate of drug-likeness (QED) is 0.886. The van der Waals surface area contributed by atoms with E-state index in [1.54, 1.807) is 19.2 Å². The van der Waals surface area contributed by atoms with Gasteiger partial charge in [-0.25, -0.2) is 4.98 Å². The molecule has 0 bridgehead atoms. The van der Waals surface area contributed by atoms with Crippen LogP contribution >= 0.6 is 24.2 Å². The van der Waals surface area contributed by atoms with E-state index in [2.05, 4.69) is 17.6 Å². The number of hydrogen-bond acceptors (Lipinski definition) is 4. The number of fused-ring (bicyclic) bond motifs is 1. The number of aromatic nitrogens is 2. The van der Waals surface area contributed by atoms with Gasteiger partial charge in [-0.15, -0.1) is 12.6 Å². The normalized spacial score (nSPS) is 12.1. The van der Waals surface area contributed by atoms with Gasteiger partial charge in [0, 0.05) is 12.0 Å². The Kier molecular flexibility index (Phi) is 3.90. The summed E-state index contributed by atoms with van der Waals surface area (Å²) in [5.41, 5.74) is -0.0696. The molecule has 1 aromatic carbocycles. The van der Waals surface area contributed by atoms with Crippen LogP contribution in [0.25, 0.3) is 10.9 Å². The molecule has 1 aromatic heterocycles. The largest absolute Gasteiger partial charge is 0.377 e. The fraction of sp³-hybridized carbons (Fsp3) is 0.385. The summed E-state index contributed by atoms with van der Waals surface area (Å²) in [6.45, 7) is 4.21. The summed E-state index contributed by atoms with van der Waals surface area (Å²) in [5.74, 6) is 0.